The van der Waals surface area contributed by atoms with Crippen LogP contribution in [0.15, 0.2) is 66.7 Å². The first kappa shape index (κ1) is 28.3. The first-order chi connectivity index (χ1) is 19.8. The molecule has 8 nitrogen and oxygen atoms in total. The summed E-state index contributed by atoms with van der Waals surface area (Å²) in [6.07, 6.45) is 3.43. The van der Waals surface area contributed by atoms with Crippen LogP contribution in [0.3, 0.4) is 0 Å². The molecular weight excluding hydrogens is 521 g/mol. The van der Waals surface area contributed by atoms with Crippen molar-refractivity contribution in [1.82, 2.24) is 10.2 Å². The van der Waals surface area contributed by atoms with Crippen LogP contribution in [0.25, 0.3) is 0 Å². The van der Waals surface area contributed by atoms with Gasteiger partial charge in [0.25, 0.3) is 17.7 Å². The van der Waals surface area contributed by atoms with E-state index in [4.69, 9.17) is 5.73 Å². The van der Waals surface area contributed by atoms with Gasteiger partial charge in [0.2, 0.25) is 0 Å². The predicted octanol–water partition coefficient (Wildman–Crippen LogP) is 4.35. The van der Waals surface area contributed by atoms with E-state index in [0.717, 1.165) is 36.9 Å². The van der Waals surface area contributed by atoms with Crippen molar-refractivity contribution >= 4 is 29.1 Å². The number of hydrogen-bond acceptors (Lipinski definition) is 5. The third kappa shape index (κ3) is 6.92. The smallest absolute Gasteiger partial charge is 0.255 e. The van der Waals surface area contributed by atoms with Crippen LogP contribution in [-0.4, -0.2) is 60.9 Å². The van der Waals surface area contributed by atoms with Crippen LogP contribution in [0.1, 0.15) is 62.3 Å². The van der Waals surface area contributed by atoms with E-state index in [-0.39, 0.29) is 23.9 Å². The van der Waals surface area contributed by atoms with Gasteiger partial charge in [-0.1, -0.05) is 17.7 Å². The minimum absolute atomic E-state index is 0.00567. The van der Waals surface area contributed by atoms with Crippen LogP contribution < -0.4 is 21.3 Å². The fraction of sp³-hybridized carbons (Fsp3) is 0.344. The molecule has 0 bridgehead atoms. The second-order valence-corrected chi connectivity index (χ2v) is 10.9. The fourth-order valence-corrected chi connectivity index (χ4v) is 5.49. The van der Waals surface area contributed by atoms with E-state index in [0.29, 0.717) is 48.6 Å². The molecule has 0 atom stereocenters. The summed E-state index contributed by atoms with van der Waals surface area (Å²) in [4.78, 5) is 43.2. The Bertz CT molecular complexity index is 1410. The summed E-state index contributed by atoms with van der Waals surface area (Å²) in [7, 11) is 0. The van der Waals surface area contributed by atoms with E-state index in [1.807, 2.05) is 42.2 Å². The number of benzene rings is 3. The highest BCUT2D eigenvalue weighted by molar-refractivity contribution is 6.07. The Labute approximate surface area is 239 Å². The number of rotatable bonds is 6. The minimum atomic E-state index is -0.428. The number of carbonyl (C=O) groups excluding carboxylic acids is 3. The Hall–Kier alpha value is -4.24. The van der Waals surface area contributed by atoms with Gasteiger partial charge in [0.15, 0.2) is 0 Å². The zero-order valence-electron chi connectivity index (χ0n) is 23.2. The summed E-state index contributed by atoms with van der Waals surface area (Å²) in [5.74, 6) is -1.04. The van der Waals surface area contributed by atoms with Crippen molar-refractivity contribution in [2.45, 2.75) is 44.7 Å². The SMILES string of the molecule is Cc1cccc(C(=O)N2CCN(c3ccc(C(=O)NC4CCC(N)CC4)cc3NC(=O)c3ccc(F)cc3)CC2)c1. The lowest BCUT2D eigenvalue weighted by Crippen LogP contribution is -2.49. The Morgan fingerprint density at radius 1 is 0.805 bits per heavy atom. The van der Waals surface area contributed by atoms with Crippen molar-refractivity contribution in [3.8, 4) is 0 Å². The number of nitrogens with zero attached hydrogens (tertiary/aromatic N) is 2. The number of hydrogen-bond donors (Lipinski definition) is 3. The molecule has 3 aromatic carbocycles. The van der Waals surface area contributed by atoms with Crippen molar-refractivity contribution in [2.24, 2.45) is 5.73 Å². The Morgan fingerprint density at radius 2 is 1.49 bits per heavy atom. The van der Waals surface area contributed by atoms with Gasteiger partial charge >= 0.3 is 0 Å². The van der Waals surface area contributed by atoms with Gasteiger partial charge in [0.1, 0.15) is 5.82 Å². The fourth-order valence-electron chi connectivity index (χ4n) is 5.49. The van der Waals surface area contributed by atoms with Crippen LogP contribution in [-0.2, 0) is 0 Å². The summed E-state index contributed by atoms with van der Waals surface area (Å²) in [6.45, 7) is 4.12. The summed E-state index contributed by atoms with van der Waals surface area (Å²) in [5.41, 5.74) is 9.69. The van der Waals surface area contributed by atoms with E-state index >= 15 is 0 Å². The molecule has 9 heteroatoms. The molecule has 5 rings (SSSR count). The van der Waals surface area contributed by atoms with Crippen molar-refractivity contribution < 1.29 is 18.8 Å². The molecule has 0 radical (unpaired) electrons. The van der Waals surface area contributed by atoms with E-state index < -0.39 is 11.7 Å². The van der Waals surface area contributed by atoms with E-state index in [2.05, 4.69) is 15.5 Å². The molecule has 1 saturated carbocycles. The third-order valence-electron chi connectivity index (χ3n) is 7.89. The molecule has 0 unspecified atom stereocenters. The molecule has 1 heterocycles. The molecule has 1 aliphatic heterocycles. The third-order valence-corrected chi connectivity index (χ3v) is 7.89. The molecule has 1 aliphatic carbocycles. The van der Waals surface area contributed by atoms with Crippen LogP contribution in [0.2, 0.25) is 0 Å². The van der Waals surface area contributed by atoms with Crippen LogP contribution in [0.5, 0.6) is 0 Å². The van der Waals surface area contributed by atoms with Crippen LogP contribution in [0.4, 0.5) is 15.8 Å². The molecule has 2 aliphatic rings. The van der Waals surface area contributed by atoms with Gasteiger partial charge in [-0.05, 0) is 87.2 Å². The maximum absolute atomic E-state index is 13.4. The number of anilines is 2. The minimum Gasteiger partial charge on any atom is -0.366 e. The first-order valence-electron chi connectivity index (χ1n) is 14.1. The number of aryl methyl sites for hydroxylation is 1. The molecule has 0 aromatic heterocycles. The molecule has 1 saturated heterocycles. The molecule has 3 amide bonds. The summed E-state index contributed by atoms with van der Waals surface area (Å²) in [6, 6.07) is 18.4. The molecule has 3 aromatic rings. The topological polar surface area (TPSA) is 108 Å². The van der Waals surface area contributed by atoms with Crippen LogP contribution >= 0.6 is 0 Å². The Balaban J connectivity index is 1.34. The highest BCUT2D eigenvalue weighted by Gasteiger charge is 2.26. The maximum atomic E-state index is 13.4. The average Bonchev–Trinajstić information content (AvgIpc) is 2.98. The van der Waals surface area contributed by atoms with E-state index in [1.54, 1.807) is 12.1 Å². The van der Waals surface area contributed by atoms with Gasteiger partial charge in [-0.25, -0.2) is 4.39 Å². The molecule has 0 spiro atoms. The number of nitrogens with one attached hydrogen (secondary N) is 2. The zero-order chi connectivity index (χ0) is 28.9. The van der Waals surface area contributed by atoms with Gasteiger partial charge in [-0.15, -0.1) is 0 Å². The Morgan fingerprint density at radius 3 is 2.17 bits per heavy atom. The lowest BCUT2D eigenvalue weighted by Gasteiger charge is -2.37. The lowest BCUT2D eigenvalue weighted by molar-refractivity contribution is 0.0746. The van der Waals surface area contributed by atoms with Gasteiger partial charge < -0.3 is 26.2 Å². The number of piperazine rings is 1. The molecule has 214 valence electrons. The van der Waals surface area contributed by atoms with E-state index in [1.165, 1.54) is 24.3 Å². The lowest BCUT2D eigenvalue weighted by atomic mass is 9.91. The second kappa shape index (κ2) is 12.5. The van der Waals surface area contributed by atoms with Gasteiger partial charge in [0, 0.05) is 55.0 Å². The highest BCUT2D eigenvalue weighted by atomic mass is 19.1. The number of carbonyl (C=O) groups is 3. The normalized spacial score (nSPS) is 19.0. The van der Waals surface area contributed by atoms with E-state index in [9.17, 15) is 18.8 Å². The van der Waals surface area contributed by atoms with Crippen molar-refractivity contribution in [1.29, 1.82) is 0 Å². The summed E-state index contributed by atoms with van der Waals surface area (Å²) in [5, 5.41) is 6.04. The van der Waals surface area contributed by atoms with Gasteiger partial charge in [0.05, 0.1) is 11.4 Å². The van der Waals surface area contributed by atoms with Crippen LogP contribution in [0, 0.1) is 12.7 Å². The van der Waals surface area contributed by atoms with Crippen molar-refractivity contribution in [3.05, 3.63) is 94.8 Å². The van der Waals surface area contributed by atoms with Crippen molar-refractivity contribution in [3.63, 3.8) is 0 Å². The monoisotopic (exact) mass is 557 g/mol. The first-order valence-corrected chi connectivity index (χ1v) is 14.1. The van der Waals surface area contributed by atoms with Crippen molar-refractivity contribution in [2.75, 3.05) is 36.4 Å². The van der Waals surface area contributed by atoms with Gasteiger partial charge in [-0.2, -0.15) is 0 Å². The molecule has 41 heavy (non-hydrogen) atoms. The number of nitrogens with two attached hydrogens (primary N) is 1. The number of amides is 3. The number of halogens is 1. The molecule has 4 N–H and O–H groups in total. The van der Waals surface area contributed by atoms with Gasteiger partial charge in [-0.3, -0.25) is 14.4 Å². The summed E-state index contributed by atoms with van der Waals surface area (Å²) < 4.78 is 13.4. The molecule has 2 fully saturated rings. The Kier molecular flexibility index (Phi) is 8.64. The largest absolute Gasteiger partial charge is 0.366 e. The second-order valence-electron chi connectivity index (χ2n) is 10.9. The zero-order valence-corrected chi connectivity index (χ0v) is 23.2. The quantitative estimate of drug-likeness (QED) is 0.418. The average molecular weight is 558 g/mol. The highest BCUT2D eigenvalue weighted by Crippen LogP contribution is 2.30. The predicted molar refractivity (Wildman–Crippen MR) is 158 cm³/mol. The standard InChI is InChI=1S/C32H36FN5O3/c1-21-3-2-4-24(19-21)32(41)38-17-15-37(16-18-38)29-14-7-23(31(40)35-27-12-10-26(34)11-13-27)20-28(29)36-30(39)22-5-8-25(33)9-6-22/h2-9,14,19-20,26-27H,10-13,15-18,34H2,1H3,(H,35,40)(H,36,39). The summed E-state index contributed by atoms with van der Waals surface area (Å²) >= 11 is 0. The maximum Gasteiger partial charge on any atom is 0.255 e. The molecular formula is C32H36FN5O3.